The number of nitrogens with one attached hydrogen (secondary N) is 8. The molecule has 8 N–H and O–H groups in total. The highest BCUT2D eigenvalue weighted by atomic mass is 79.9. The summed E-state index contributed by atoms with van der Waals surface area (Å²) in [5.74, 6) is -0.192. The molecule has 446 valence electrons. The van der Waals surface area contributed by atoms with E-state index in [9.17, 15) is 9.18 Å². The van der Waals surface area contributed by atoms with Crippen molar-refractivity contribution in [1.29, 1.82) is 0 Å². The minimum Gasteiger partial charge on any atom is -0.449 e. The predicted molar refractivity (Wildman–Crippen MR) is 359 cm³/mol. The SMILES string of the molecule is Brc1ccc2[nH]c3c(c2c1)CCNC3Cc1ccccc1.CCOC(=O)N1Cc2c([nH]c3ccc(Cl)cc23)C(c2ccccc2)N1.Clc1ccc2[nH]c3c(c2c1)CCNC3Cc1ccccc1.Fc1ccc2[nH]c3c(c2c1)CCNC3c1cccc(Cl)c1. The number of hydrogen-bond donors (Lipinski definition) is 8. The van der Waals surface area contributed by atoms with Crippen LogP contribution in [-0.4, -0.2) is 57.3 Å². The molecule has 0 aliphatic carbocycles. The van der Waals surface area contributed by atoms with Crippen molar-refractivity contribution in [2.24, 2.45) is 0 Å². The van der Waals surface area contributed by atoms with Crippen molar-refractivity contribution >= 4 is 100 Å². The van der Waals surface area contributed by atoms with Crippen LogP contribution in [0.15, 0.2) is 193 Å². The Balaban J connectivity index is 0.000000109. The third kappa shape index (κ3) is 12.8. The van der Waals surface area contributed by atoms with Gasteiger partial charge in [0.1, 0.15) is 5.82 Å². The average Bonchev–Trinajstić information content (AvgIpc) is 2.60. The van der Waals surface area contributed by atoms with Crippen LogP contribution >= 0.6 is 50.7 Å². The molecule has 1 amide bonds. The summed E-state index contributed by atoms with van der Waals surface area (Å²) in [6, 6.07) is 63.1. The Morgan fingerprint density at radius 1 is 0.500 bits per heavy atom. The summed E-state index contributed by atoms with van der Waals surface area (Å²) < 4.78 is 19.8. The Kier molecular flexibility index (Phi) is 17.9. The van der Waals surface area contributed by atoms with Crippen LogP contribution in [0.2, 0.25) is 15.1 Å². The maximum atomic E-state index is 13.5. The third-order valence-electron chi connectivity index (χ3n) is 17.1. The van der Waals surface area contributed by atoms with Gasteiger partial charge in [0.15, 0.2) is 0 Å². The molecule has 8 aromatic carbocycles. The Labute approximate surface area is 533 Å². The molecule has 0 saturated heterocycles. The van der Waals surface area contributed by atoms with Gasteiger partial charge in [-0.2, -0.15) is 0 Å². The molecule has 0 spiro atoms. The number of benzene rings is 8. The molecule has 0 bridgehead atoms. The second kappa shape index (κ2) is 26.6. The van der Waals surface area contributed by atoms with Crippen LogP contribution in [-0.2, 0) is 43.4 Å². The number of nitrogens with zero attached hydrogens (tertiary/aromatic N) is 1. The van der Waals surface area contributed by atoms with Crippen LogP contribution < -0.4 is 21.4 Å². The molecule has 0 radical (unpaired) electrons. The lowest BCUT2D eigenvalue weighted by molar-refractivity contribution is 0.0721. The quantitative estimate of drug-likeness (QED) is 0.0799. The minimum absolute atomic E-state index is 0.0721. The molecule has 4 atom stereocenters. The summed E-state index contributed by atoms with van der Waals surface area (Å²) in [6.45, 7) is 5.48. The van der Waals surface area contributed by atoms with Gasteiger partial charge in [0.2, 0.25) is 0 Å². The summed E-state index contributed by atoms with van der Waals surface area (Å²) in [5, 5.41) is 19.2. The predicted octanol–water partition coefficient (Wildman–Crippen LogP) is 17.2. The number of amides is 1. The monoisotopic (exact) mass is 1290 g/mol. The summed E-state index contributed by atoms with van der Waals surface area (Å²) in [6.07, 6.45) is 4.70. The summed E-state index contributed by atoms with van der Waals surface area (Å²) in [4.78, 5) is 26.5. The normalized spacial score (nSPS) is 17.5. The molecule has 88 heavy (non-hydrogen) atoms. The van der Waals surface area contributed by atoms with Crippen LogP contribution in [0, 0.1) is 5.82 Å². The Bertz CT molecular complexity index is 4300. The number of aromatic amines is 4. The van der Waals surface area contributed by atoms with Gasteiger partial charge in [-0.1, -0.05) is 154 Å². The largest absolute Gasteiger partial charge is 0.449 e. The number of halogens is 5. The van der Waals surface area contributed by atoms with Gasteiger partial charge in [0.25, 0.3) is 0 Å². The molecule has 0 fully saturated rings. The van der Waals surface area contributed by atoms with E-state index in [1.807, 2.05) is 72.8 Å². The van der Waals surface area contributed by atoms with Crippen LogP contribution in [0.4, 0.5) is 9.18 Å². The first-order valence-corrected chi connectivity index (χ1v) is 31.9. The number of fused-ring (bicyclic) bond motifs is 12. The first-order valence-electron chi connectivity index (χ1n) is 30.0. The first-order chi connectivity index (χ1) is 43.0. The molecule has 16 rings (SSSR count). The molecule has 4 unspecified atom stereocenters. The van der Waals surface area contributed by atoms with Crippen molar-refractivity contribution in [2.75, 3.05) is 26.2 Å². The van der Waals surface area contributed by atoms with Crippen molar-refractivity contribution < 1.29 is 13.9 Å². The van der Waals surface area contributed by atoms with Crippen molar-refractivity contribution in [1.82, 2.24) is 46.3 Å². The van der Waals surface area contributed by atoms with E-state index in [1.165, 1.54) is 72.1 Å². The molecule has 16 heteroatoms. The molecule has 11 nitrogen and oxygen atoms in total. The highest BCUT2D eigenvalue weighted by molar-refractivity contribution is 9.10. The lowest BCUT2D eigenvalue weighted by Crippen LogP contribution is -2.48. The molecular weight excluding hydrogens is 1230 g/mol. The molecule has 4 aliphatic heterocycles. The van der Waals surface area contributed by atoms with Crippen LogP contribution in [0.25, 0.3) is 43.6 Å². The number of carbonyl (C=O) groups excluding carboxylic acids is 1. The number of hydrazine groups is 1. The summed E-state index contributed by atoms with van der Waals surface area (Å²) in [7, 11) is 0. The van der Waals surface area contributed by atoms with Gasteiger partial charge >= 0.3 is 6.09 Å². The Morgan fingerprint density at radius 3 is 1.55 bits per heavy atom. The van der Waals surface area contributed by atoms with Gasteiger partial charge in [-0.25, -0.2) is 19.6 Å². The van der Waals surface area contributed by atoms with Crippen LogP contribution in [0.1, 0.15) is 98.4 Å². The molecule has 4 aromatic heterocycles. The molecule has 4 aliphatic rings. The fourth-order valence-corrected chi connectivity index (χ4v) is 14.0. The number of ether oxygens (including phenoxy) is 1. The molecule has 8 heterocycles. The van der Waals surface area contributed by atoms with Crippen LogP contribution in [0.3, 0.4) is 0 Å². The highest BCUT2D eigenvalue weighted by Crippen LogP contribution is 2.39. The lowest BCUT2D eigenvalue weighted by Gasteiger charge is -2.33. The summed E-state index contributed by atoms with van der Waals surface area (Å²) >= 11 is 22.0. The van der Waals surface area contributed by atoms with E-state index in [-0.39, 0.29) is 24.0 Å². The second-order valence-electron chi connectivity index (χ2n) is 22.7. The zero-order valence-corrected chi connectivity index (χ0v) is 52.3. The second-order valence-corrected chi connectivity index (χ2v) is 24.9. The summed E-state index contributed by atoms with van der Waals surface area (Å²) in [5.41, 5.74) is 22.6. The zero-order chi connectivity index (χ0) is 60.3. The standard InChI is InChI=1S/C19H18ClN3O2.C18H17BrN2.C18H17ClN2.C17H14ClFN2/c1-2-25-19(24)23-11-15-14-10-13(20)8-9-16(14)21-18(15)17(22-23)12-6-4-3-5-7-12;2*19-13-6-7-16-15(11-13)14-8-9-20-17(18(14)21-16)10-12-4-2-1-3-5-12;18-11-3-1-2-10(8-11)16-17-13(6-7-20-16)14-9-12(19)4-5-15(14)21-17/h3-10,17,21-22H,2,11H2,1H3;2*1-7,11,17,20-21H,8-10H2;1-5,8-9,16,20-21H,6-7H2. The van der Waals surface area contributed by atoms with Crippen LogP contribution in [0.5, 0.6) is 0 Å². The van der Waals surface area contributed by atoms with Gasteiger partial charge in [0.05, 0.1) is 37.3 Å². The topological polar surface area (TPSA) is 141 Å². The van der Waals surface area contributed by atoms with Gasteiger partial charge < -0.3 is 40.6 Å². The number of H-pyrrole nitrogens is 4. The molecule has 0 saturated carbocycles. The van der Waals surface area contributed by atoms with Crippen molar-refractivity contribution in [3.63, 3.8) is 0 Å². The minimum atomic E-state index is -0.384. The van der Waals surface area contributed by atoms with E-state index < -0.39 is 0 Å². The van der Waals surface area contributed by atoms with Crippen molar-refractivity contribution in [2.45, 2.75) is 69.7 Å². The fourth-order valence-electron chi connectivity index (χ4n) is 13.1. The number of aromatic nitrogens is 4. The van der Waals surface area contributed by atoms with E-state index in [1.54, 1.807) is 19.1 Å². The lowest BCUT2D eigenvalue weighted by atomic mass is 9.94. The van der Waals surface area contributed by atoms with E-state index in [0.29, 0.717) is 30.3 Å². The smallest absolute Gasteiger partial charge is 0.424 e. The molecule has 12 aromatic rings. The van der Waals surface area contributed by atoms with Gasteiger partial charge in [0, 0.05) is 98.0 Å². The van der Waals surface area contributed by atoms with Gasteiger partial charge in [-0.05, 0) is 176 Å². The van der Waals surface area contributed by atoms with Gasteiger partial charge in [-0.15, -0.1) is 0 Å². The van der Waals surface area contributed by atoms with Gasteiger partial charge in [-0.3, -0.25) is 0 Å². The van der Waals surface area contributed by atoms with E-state index in [2.05, 4.69) is 154 Å². The maximum absolute atomic E-state index is 13.5. The zero-order valence-electron chi connectivity index (χ0n) is 48.4. The average molecular weight is 1290 g/mol. The highest BCUT2D eigenvalue weighted by Gasteiger charge is 2.33. The number of carbonyl (C=O) groups is 1. The Morgan fingerprint density at radius 2 is 0.966 bits per heavy atom. The van der Waals surface area contributed by atoms with Crippen molar-refractivity contribution in [3.8, 4) is 0 Å². The fraction of sp³-hybridized carbons (Fsp3) is 0.208. The number of hydrogen-bond acceptors (Lipinski definition) is 6. The van der Waals surface area contributed by atoms with E-state index in [4.69, 9.17) is 39.5 Å². The van der Waals surface area contributed by atoms with E-state index in [0.717, 1.165) is 116 Å². The Hall–Kier alpha value is -7.69. The number of rotatable bonds is 7. The van der Waals surface area contributed by atoms with E-state index >= 15 is 0 Å². The first kappa shape index (κ1) is 59.3. The molecular formula is C72H66BrCl3FN9O2. The maximum Gasteiger partial charge on any atom is 0.424 e. The third-order valence-corrected chi connectivity index (χ3v) is 18.3. The van der Waals surface area contributed by atoms with Crippen molar-refractivity contribution in [3.05, 3.63) is 281 Å².